The monoisotopic (exact) mass is 392 g/mol. The van der Waals surface area contributed by atoms with Crippen molar-refractivity contribution in [1.82, 2.24) is 10.0 Å². The van der Waals surface area contributed by atoms with E-state index in [0.29, 0.717) is 12.0 Å². The van der Waals surface area contributed by atoms with Crippen LogP contribution in [0.4, 0.5) is 4.39 Å². The van der Waals surface area contributed by atoms with Crippen LogP contribution in [0.5, 0.6) is 0 Å². The minimum Gasteiger partial charge on any atom is -0.350 e. The van der Waals surface area contributed by atoms with Crippen LogP contribution in [0.25, 0.3) is 0 Å². The van der Waals surface area contributed by atoms with Gasteiger partial charge in [-0.3, -0.25) is 4.79 Å². The maximum atomic E-state index is 12.9. The van der Waals surface area contributed by atoms with Crippen LogP contribution in [0.15, 0.2) is 47.4 Å². The normalized spacial score (nSPS) is 12.6. The molecule has 0 saturated carbocycles. The van der Waals surface area contributed by atoms with E-state index in [-0.39, 0.29) is 35.6 Å². The number of sulfonamides is 1. The highest BCUT2D eigenvalue weighted by molar-refractivity contribution is 7.89. The molecular formula is C20H25FN2O3S. The van der Waals surface area contributed by atoms with Gasteiger partial charge in [-0.1, -0.05) is 24.3 Å². The summed E-state index contributed by atoms with van der Waals surface area (Å²) >= 11 is 0. The van der Waals surface area contributed by atoms with Crippen LogP contribution in [-0.4, -0.2) is 20.9 Å². The summed E-state index contributed by atoms with van der Waals surface area (Å²) in [6.45, 7) is 5.58. The lowest BCUT2D eigenvalue weighted by Gasteiger charge is -2.14. The number of hydrogen-bond donors (Lipinski definition) is 2. The van der Waals surface area contributed by atoms with Crippen molar-refractivity contribution in [2.75, 3.05) is 6.54 Å². The third kappa shape index (κ3) is 6.15. The SMILES string of the molecule is Cc1ccc(C)c(S(=O)(=O)NCCCC(=O)NC(C)c2ccc(F)cc2)c1. The van der Waals surface area contributed by atoms with Crippen LogP contribution in [0.1, 0.15) is 42.5 Å². The summed E-state index contributed by atoms with van der Waals surface area (Å²) in [5, 5.41) is 2.82. The molecule has 0 aliphatic heterocycles. The molecule has 27 heavy (non-hydrogen) atoms. The molecule has 2 rings (SSSR count). The van der Waals surface area contributed by atoms with Crippen LogP contribution in [0, 0.1) is 19.7 Å². The van der Waals surface area contributed by atoms with Crippen LogP contribution >= 0.6 is 0 Å². The van der Waals surface area contributed by atoms with E-state index < -0.39 is 10.0 Å². The molecule has 0 heterocycles. The van der Waals surface area contributed by atoms with Gasteiger partial charge in [-0.15, -0.1) is 0 Å². The zero-order valence-electron chi connectivity index (χ0n) is 15.8. The number of halogens is 1. The van der Waals surface area contributed by atoms with E-state index >= 15 is 0 Å². The van der Waals surface area contributed by atoms with Gasteiger partial charge in [0.05, 0.1) is 10.9 Å². The largest absolute Gasteiger partial charge is 0.350 e. The molecule has 7 heteroatoms. The van der Waals surface area contributed by atoms with Crippen molar-refractivity contribution in [3.8, 4) is 0 Å². The lowest BCUT2D eigenvalue weighted by atomic mass is 10.1. The quantitative estimate of drug-likeness (QED) is 0.676. The van der Waals surface area contributed by atoms with E-state index in [1.165, 1.54) is 12.1 Å². The Hall–Kier alpha value is -2.25. The number of rotatable bonds is 8. The second-order valence-corrected chi connectivity index (χ2v) is 8.35. The fraction of sp³-hybridized carbons (Fsp3) is 0.350. The molecule has 0 spiro atoms. The number of nitrogens with one attached hydrogen (secondary N) is 2. The van der Waals surface area contributed by atoms with Crippen molar-refractivity contribution in [3.63, 3.8) is 0 Å². The molecule has 0 radical (unpaired) electrons. The molecule has 0 bridgehead atoms. The minimum atomic E-state index is -3.60. The average molecular weight is 392 g/mol. The molecule has 146 valence electrons. The van der Waals surface area contributed by atoms with Gasteiger partial charge in [0.15, 0.2) is 0 Å². The predicted octanol–water partition coefficient (Wildman–Crippen LogP) is 3.38. The summed E-state index contributed by atoms with van der Waals surface area (Å²) in [6.07, 6.45) is 0.576. The Balaban J connectivity index is 1.81. The molecule has 1 atom stereocenters. The van der Waals surface area contributed by atoms with Gasteiger partial charge in [-0.05, 0) is 62.1 Å². The van der Waals surface area contributed by atoms with Crippen LogP contribution in [0.2, 0.25) is 0 Å². The number of hydrogen-bond acceptors (Lipinski definition) is 3. The van der Waals surface area contributed by atoms with Crippen molar-refractivity contribution in [2.24, 2.45) is 0 Å². The Morgan fingerprint density at radius 2 is 1.78 bits per heavy atom. The first-order valence-electron chi connectivity index (χ1n) is 8.81. The van der Waals surface area contributed by atoms with E-state index in [0.717, 1.165) is 11.1 Å². The molecule has 2 aromatic rings. The van der Waals surface area contributed by atoms with Gasteiger partial charge in [-0.2, -0.15) is 0 Å². The Kier molecular flexibility index (Phi) is 7.10. The van der Waals surface area contributed by atoms with Crippen molar-refractivity contribution in [3.05, 3.63) is 65.0 Å². The first-order valence-corrected chi connectivity index (χ1v) is 10.3. The van der Waals surface area contributed by atoms with Gasteiger partial charge < -0.3 is 5.32 Å². The zero-order chi connectivity index (χ0) is 20.0. The molecule has 0 aliphatic rings. The lowest BCUT2D eigenvalue weighted by Crippen LogP contribution is -2.29. The molecule has 0 aromatic heterocycles. The molecule has 2 aromatic carbocycles. The van der Waals surface area contributed by atoms with Crippen LogP contribution < -0.4 is 10.0 Å². The van der Waals surface area contributed by atoms with Crippen molar-refractivity contribution >= 4 is 15.9 Å². The third-order valence-corrected chi connectivity index (χ3v) is 5.86. The Morgan fingerprint density at radius 1 is 1.11 bits per heavy atom. The van der Waals surface area contributed by atoms with E-state index in [1.807, 2.05) is 19.9 Å². The molecule has 0 saturated heterocycles. The summed E-state index contributed by atoms with van der Waals surface area (Å²) in [4.78, 5) is 12.3. The smallest absolute Gasteiger partial charge is 0.240 e. The minimum absolute atomic E-state index is 0.175. The van der Waals surface area contributed by atoms with E-state index in [4.69, 9.17) is 0 Å². The molecule has 2 N–H and O–H groups in total. The second kappa shape index (κ2) is 9.10. The number of carbonyl (C=O) groups excluding carboxylic acids is 1. The topological polar surface area (TPSA) is 75.3 Å². The summed E-state index contributed by atoms with van der Waals surface area (Å²) < 4.78 is 40.3. The molecule has 5 nitrogen and oxygen atoms in total. The highest BCUT2D eigenvalue weighted by atomic mass is 32.2. The number of amides is 1. The van der Waals surface area contributed by atoms with E-state index in [1.54, 1.807) is 31.2 Å². The first kappa shape index (κ1) is 21.1. The summed E-state index contributed by atoms with van der Waals surface area (Å²) in [5.74, 6) is -0.508. The highest BCUT2D eigenvalue weighted by Gasteiger charge is 2.16. The summed E-state index contributed by atoms with van der Waals surface area (Å²) in [5.41, 5.74) is 2.36. The Morgan fingerprint density at radius 3 is 2.44 bits per heavy atom. The standard InChI is InChI=1S/C20H25FN2O3S/c1-14-6-7-15(2)19(13-14)27(25,26)22-12-4-5-20(24)23-16(3)17-8-10-18(21)11-9-17/h6-11,13,16,22H,4-5,12H2,1-3H3,(H,23,24). The predicted molar refractivity (Wildman–Crippen MR) is 103 cm³/mol. The molecule has 0 fully saturated rings. The van der Waals surface area contributed by atoms with E-state index in [2.05, 4.69) is 10.0 Å². The van der Waals surface area contributed by atoms with Gasteiger partial charge in [0.25, 0.3) is 0 Å². The zero-order valence-corrected chi connectivity index (χ0v) is 16.6. The van der Waals surface area contributed by atoms with Crippen LogP contribution in [0.3, 0.4) is 0 Å². The van der Waals surface area contributed by atoms with Gasteiger partial charge in [0, 0.05) is 13.0 Å². The van der Waals surface area contributed by atoms with Crippen molar-refractivity contribution < 1.29 is 17.6 Å². The fourth-order valence-corrected chi connectivity index (χ4v) is 4.08. The molecular weight excluding hydrogens is 367 g/mol. The summed E-state index contributed by atoms with van der Waals surface area (Å²) in [6, 6.07) is 11.0. The fourth-order valence-electron chi connectivity index (χ4n) is 2.68. The number of benzene rings is 2. The van der Waals surface area contributed by atoms with Gasteiger partial charge in [-0.25, -0.2) is 17.5 Å². The van der Waals surface area contributed by atoms with Gasteiger partial charge in [0.1, 0.15) is 5.82 Å². The maximum absolute atomic E-state index is 12.9. The Labute approximate surface area is 160 Å². The van der Waals surface area contributed by atoms with E-state index in [9.17, 15) is 17.6 Å². The van der Waals surface area contributed by atoms with Gasteiger partial charge in [0.2, 0.25) is 15.9 Å². The van der Waals surface area contributed by atoms with Crippen molar-refractivity contribution in [1.29, 1.82) is 0 Å². The summed E-state index contributed by atoms with van der Waals surface area (Å²) in [7, 11) is -3.60. The lowest BCUT2D eigenvalue weighted by molar-refractivity contribution is -0.121. The molecule has 0 aliphatic carbocycles. The van der Waals surface area contributed by atoms with Gasteiger partial charge >= 0.3 is 0 Å². The second-order valence-electron chi connectivity index (χ2n) is 6.61. The average Bonchev–Trinajstić information content (AvgIpc) is 2.61. The van der Waals surface area contributed by atoms with Crippen LogP contribution in [-0.2, 0) is 14.8 Å². The highest BCUT2D eigenvalue weighted by Crippen LogP contribution is 2.16. The molecule has 1 amide bonds. The Bertz CT molecular complexity index is 896. The first-order chi connectivity index (χ1) is 12.7. The number of carbonyl (C=O) groups is 1. The molecule has 1 unspecified atom stereocenters. The number of aryl methyl sites for hydroxylation is 2. The maximum Gasteiger partial charge on any atom is 0.240 e. The van der Waals surface area contributed by atoms with Crippen molar-refractivity contribution in [2.45, 2.75) is 44.6 Å². The third-order valence-electron chi connectivity index (χ3n) is 4.25.